The van der Waals surface area contributed by atoms with Crippen LogP contribution in [0.5, 0.6) is 0 Å². The van der Waals surface area contributed by atoms with Crippen LogP contribution in [0.3, 0.4) is 0 Å². The number of pyridine rings is 1. The van der Waals surface area contributed by atoms with Crippen LogP contribution in [0.25, 0.3) is 6.08 Å². The summed E-state index contributed by atoms with van der Waals surface area (Å²) in [6, 6.07) is 1.89. The van der Waals surface area contributed by atoms with Crippen LogP contribution in [0.1, 0.15) is 45.6 Å². The van der Waals surface area contributed by atoms with Crippen LogP contribution in [-0.2, 0) is 0 Å². The second-order valence-electron chi connectivity index (χ2n) is 4.75. The second kappa shape index (κ2) is 6.34. The molecule has 1 rings (SSSR count). The summed E-state index contributed by atoms with van der Waals surface area (Å²) in [7, 11) is 0. The Bertz CT molecular complexity index is 426. The Hall–Kier alpha value is -1.64. The Morgan fingerprint density at radius 3 is 2.72 bits per heavy atom. The van der Waals surface area contributed by atoms with E-state index >= 15 is 0 Å². The number of anilines is 1. The number of rotatable bonds is 7. The summed E-state index contributed by atoms with van der Waals surface area (Å²) >= 11 is 0. The molecule has 0 fully saturated rings. The summed E-state index contributed by atoms with van der Waals surface area (Å²) in [5.74, 6) is 0.792. The molecule has 0 aromatic carbocycles. The van der Waals surface area contributed by atoms with Crippen LogP contribution in [0, 0.1) is 0 Å². The molecule has 3 nitrogen and oxygen atoms in total. The van der Waals surface area contributed by atoms with Crippen molar-refractivity contribution in [2.24, 2.45) is 4.99 Å². The van der Waals surface area contributed by atoms with Crippen molar-refractivity contribution in [2.45, 2.75) is 45.6 Å². The number of aliphatic imine (C=N–C) groups is 1. The average Bonchev–Trinajstić information content (AvgIpc) is 2.38. The molecule has 1 atom stereocenters. The molecule has 0 amide bonds. The van der Waals surface area contributed by atoms with Gasteiger partial charge in [0.05, 0.1) is 0 Å². The third-order valence-corrected chi connectivity index (χ3v) is 3.34. The zero-order chi connectivity index (χ0) is 13.6. The fraction of sp³-hybridized carbons (Fsp3) is 0.467. The lowest BCUT2D eigenvalue weighted by Crippen LogP contribution is -2.34. The number of nitrogens with zero attached hydrogens (tertiary/aromatic N) is 2. The van der Waals surface area contributed by atoms with E-state index in [-0.39, 0.29) is 5.54 Å². The molecule has 3 heteroatoms. The van der Waals surface area contributed by atoms with E-state index in [0.717, 1.165) is 36.3 Å². The van der Waals surface area contributed by atoms with Gasteiger partial charge in [0, 0.05) is 17.3 Å². The average molecular weight is 245 g/mol. The predicted molar refractivity (Wildman–Crippen MR) is 80.8 cm³/mol. The summed E-state index contributed by atoms with van der Waals surface area (Å²) in [5, 5.41) is 3.51. The monoisotopic (exact) mass is 245 g/mol. The van der Waals surface area contributed by atoms with E-state index in [4.69, 9.17) is 0 Å². The molecule has 1 aromatic rings. The van der Waals surface area contributed by atoms with Gasteiger partial charge >= 0.3 is 0 Å². The fourth-order valence-corrected chi connectivity index (χ4v) is 2.06. The molecule has 0 saturated carbocycles. The maximum Gasteiger partial charge on any atom is 0.152 e. The normalized spacial score (nSPS) is 13.7. The van der Waals surface area contributed by atoms with Gasteiger partial charge in [0.25, 0.3) is 0 Å². The van der Waals surface area contributed by atoms with Crippen molar-refractivity contribution in [3.05, 3.63) is 24.4 Å². The summed E-state index contributed by atoms with van der Waals surface area (Å²) < 4.78 is 0. The lowest BCUT2D eigenvalue weighted by atomic mass is 9.93. The summed E-state index contributed by atoms with van der Waals surface area (Å²) in [5.41, 5.74) is 1.78. The maximum atomic E-state index is 4.38. The zero-order valence-corrected chi connectivity index (χ0v) is 11.7. The zero-order valence-electron chi connectivity index (χ0n) is 11.7. The topological polar surface area (TPSA) is 37.3 Å². The number of aromatic nitrogens is 1. The van der Waals surface area contributed by atoms with E-state index in [1.54, 1.807) is 12.3 Å². The Morgan fingerprint density at radius 2 is 2.22 bits per heavy atom. The number of hydrogen-bond acceptors (Lipinski definition) is 3. The smallest absolute Gasteiger partial charge is 0.152 e. The molecule has 0 saturated heterocycles. The molecular formula is C15H23N3. The van der Waals surface area contributed by atoms with Crippen LogP contribution in [-0.4, -0.2) is 17.2 Å². The van der Waals surface area contributed by atoms with Crippen molar-refractivity contribution >= 4 is 24.3 Å². The van der Waals surface area contributed by atoms with Gasteiger partial charge in [0.15, 0.2) is 5.82 Å². The van der Waals surface area contributed by atoms with Crippen LogP contribution >= 0.6 is 0 Å². The number of nitrogens with one attached hydrogen (secondary N) is 1. The Kier molecular flexibility index (Phi) is 5.08. The summed E-state index contributed by atoms with van der Waals surface area (Å²) in [4.78, 5) is 8.45. The molecule has 0 aliphatic rings. The lowest BCUT2D eigenvalue weighted by molar-refractivity contribution is 0.450. The van der Waals surface area contributed by atoms with E-state index in [9.17, 15) is 0 Å². The Morgan fingerprint density at radius 1 is 1.50 bits per heavy atom. The molecule has 1 aromatic heterocycles. The minimum absolute atomic E-state index is 0.0426. The molecule has 0 bridgehead atoms. The minimum atomic E-state index is 0.0426. The van der Waals surface area contributed by atoms with Crippen molar-refractivity contribution in [1.29, 1.82) is 0 Å². The van der Waals surface area contributed by atoms with Gasteiger partial charge in [0.2, 0.25) is 0 Å². The van der Waals surface area contributed by atoms with Crippen LogP contribution < -0.4 is 5.32 Å². The van der Waals surface area contributed by atoms with E-state index in [1.165, 1.54) is 0 Å². The van der Waals surface area contributed by atoms with E-state index in [0.29, 0.717) is 0 Å². The molecule has 0 aliphatic carbocycles. The van der Waals surface area contributed by atoms with Gasteiger partial charge in [-0.3, -0.25) is 4.99 Å². The van der Waals surface area contributed by atoms with E-state index in [1.807, 2.05) is 6.07 Å². The molecule has 1 heterocycles. The van der Waals surface area contributed by atoms with Crippen LogP contribution in [0.4, 0.5) is 11.5 Å². The van der Waals surface area contributed by atoms with Crippen molar-refractivity contribution in [3.63, 3.8) is 0 Å². The van der Waals surface area contributed by atoms with Crippen molar-refractivity contribution in [2.75, 3.05) is 5.32 Å². The largest absolute Gasteiger partial charge is 0.363 e. The highest BCUT2D eigenvalue weighted by Crippen LogP contribution is 2.31. The fourth-order valence-electron chi connectivity index (χ4n) is 2.06. The standard InChI is InChI=1S/C15H23N3/c1-6-10-15(4,8-3)18-14-13(16-5)12(7-2)9-11-17-14/h7,9,11H,2,5-6,8,10H2,1,3-4H3,(H,17,18). The third kappa shape index (κ3) is 3.19. The minimum Gasteiger partial charge on any atom is -0.363 e. The van der Waals surface area contributed by atoms with Gasteiger partial charge in [-0.05, 0) is 32.5 Å². The summed E-state index contributed by atoms with van der Waals surface area (Å²) in [6.45, 7) is 14.0. The molecule has 0 spiro atoms. The molecule has 0 radical (unpaired) electrons. The quantitative estimate of drug-likeness (QED) is 0.721. The molecule has 1 N–H and O–H groups in total. The van der Waals surface area contributed by atoms with Crippen LogP contribution in [0.2, 0.25) is 0 Å². The number of hydrogen-bond donors (Lipinski definition) is 1. The second-order valence-corrected chi connectivity index (χ2v) is 4.75. The SMILES string of the molecule is C=Cc1ccnc(NC(C)(CC)CCC)c1N=C. The van der Waals surface area contributed by atoms with E-state index < -0.39 is 0 Å². The van der Waals surface area contributed by atoms with Gasteiger partial charge in [-0.2, -0.15) is 0 Å². The molecular weight excluding hydrogens is 222 g/mol. The highest BCUT2D eigenvalue weighted by atomic mass is 15.1. The molecule has 1 unspecified atom stereocenters. The van der Waals surface area contributed by atoms with Gasteiger partial charge in [0.1, 0.15) is 5.69 Å². The van der Waals surface area contributed by atoms with Crippen LogP contribution in [0.15, 0.2) is 23.8 Å². The van der Waals surface area contributed by atoms with Crippen molar-refractivity contribution < 1.29 is 0 Å². The Balaban J connectivity index is 3.10. The first kappa shape index (κ1) is 14.4. The van der Waals surface area contributed by atoms with Crippen molar-refractivity contribution in [3.8, 4) is 0 Å². The Labute approximate surface area is 110 Å². The predicted octanol–water partition coefficient (Wildman–Crippen LogP) is 4.44. The maximum absolute atomic E-state index is 4.38. The summed E-state index contributed by atoms with van der Waals surface area (Å²) in [6.07, 6.45) is 6.82. The molecule has 18 heavy (non-hydrogen) atoms. The lowest BCUT2D eigenvalue weighted by Gasteiger charge is -2.30. The molecule has 0 aliphatic heterocycles. The highest BCUT2D eigenvalue weighted by molar-refractivity contribution is 5.75. The highest BCUT2D eigenvalue weighted by Gasteiger charge is 2.22. The first-order valence-corrected chi connectivity index (χ1v) is 6.46. The third-order valence-electron chi connectivity index (χ3n) is 3.34. The van der Waals surface area contributed by atoms with Gasteiger partial charge in [-0.25, -0.2) is 4.98 Å². The van der Waals surface area contributed by atoms with Gasteiger partial charge in [-0.1, -0.05) is 32.9 Å². The first-order chi connectivity index (χ1) is 8.60. The first-order valence-electron chi connectivity index (χ1n) is 6.46. The van der Waals surface area contributed by atoms with E-state index in [2.05, 4.69) is 49.4 Å². The van der Waals surface area contributed by atoms with Gasteiger partial charge < -0.3 is 5.32 Å². The molecule has 98 valence electrons. The van der Waals surface area contributed by atoms with Gasteiger partial charge in [-0.15, -0.1) is 0 Å². The van der Waals surface area contributed by atoms with Crippen molar-refractivity contribution in [1.82, 2.24) is 4.98 Å².